The third kappa shape index (κ3) is 2.81. The Morgan fingerprint density at radius 1 is 1.20 bits per heavy atom. The second-order valence-electron chi connectivity index (χ2n) is 6.10. The van der Waals surface area contributed by atoms with Crippen molar-refractivity contribution in [3.8, 4) is 0 Å². The van der Waals surface area contributed by atoms with Crippen molar-refractivity contribution in [2.75, 3.05) is 31.1 Å². The molecule has 3 rings (SSSR count). The summed E-state index contributed by atoms with van der Waals surface area (Å²) in [7, 11) is 0. The summed E-state index contributed by atoms with van der Waals surface area (Å²) in [5, 5.41) is 9.46. The topological polar surface area (TPSA) is 39.6 Å². The van der Waals surface area contributed by atoms with Crippen LogP contribution in [0.2, 0.25) is 0 Å². The van der Waals surface area contributed by atoms with Gasteiger partial charge in [0.2, 0.25) is 0 Å². The number of aryl methyl sites for hydroxylation is 1. The zero-order valence-electron chi connectivity index (χ0n) is 12.3. The highest BCUT2D eigenvalue weighted by atomic mass is 16.3. The van der Waals surface area contributed by atoms with Crippen molar-refractivity contribution < 1.29 is 5.11 Å². The molecular formula is C16H25N3O. The fourth-order valence-corrected chi connectivity index (χ4v) is 3.63. The Bertz CT molecular complexity index is 451. The van der Waals surface area contributed by atoms with Gasteiger partial charge in [-0.3, -0.25) is 4.90 Å². The molecule has 0 saturated carbocycles. The van der Waals surface area contributed by atoms with E-state index < -0.39 is 0 Å². The van der Waals surface area contributed by atoms with E-state index in [0.29, 0.717) is 18.7 Å². The number of likely N-dealkylation sites (tertiary alicyclic amines) is 1. The molecule has 0 aliphatic carbocycles. The third-order valence-corrected chi connectivity index (χ3v) is 4.70. The molecule has 0 amide bonds. The number of aliphatic hydroxyl groups is 1. The first-order valence-corrected chi connectivity index (χ1v) is 7.83. The Hall–Kier alpha value is -1.13. The van der Waals surface area contributed by atoms with Gasteiger partial charge in [0.1, 0.15) is 5.82 Å². The summed E-state index contributed by atoms with van der Waals surface area (Å²) in [6, 6.07) is 7.20. The lowest BCUT2D eigenvalue weighted by Crippen LogP contribution is -2.43. The van der Waals surface area contributed by atoms with Crippen molar-refractivity contribution in [3.63, 3.8) is 0 Å². The highest BCUT2D eigenvalue weighted by Crippen LogP contribution is 2.27. The first-order chi connectivity index (χ1) is 9.78. The minimum absolute atomic E-state index is 0.301. The van der Waals surface area contributed by atoms with E-state index >= 15 is 0 Å². The predicted octanol–water partition coefficient (Wildman–Crippen LogP) is 1.82. The first kappa shape index (κ1) is 13.8. The standard InChI is InChI=1S/C16H25N3O/c1-13-5-2-8-16(17-13)19-10-4-6-14(19)11-18-9-3-7-15(18)12-20/h2,5,8,14-15,20H,3-4,6-7,9-12H2,1H3/t14-,15+/m1/s1. The summed E-state index contributed by atoms with van der Waals surface area (Å²) in [5.74, 6) is 1.12. The van der Waals surface area contributed by atoms with E-state index in [1.807, 2.05) is 0 Å². The Kier molecular flexibility index (Phi) is 4.22. The normalized spacial score (nSPS) is 27.4. The number of aromatic nitrogens is 1. The van der Waals surface area contributed by atoms with Gasteiger partial charge in [0.25, 0.3) is 0 Å². The van der Waals surface area contributed by atoms with Gasteiger partial charge in [-0.1, -0.05) is 6.07 Å². The van der Waals surface area contributed by atoms with Gasteiger partial charge in [0, 0.05) is 30.9 Å². The molecule has 2 saturated heterocycles. The highest BCUT2D eigenvalue weighted by Gasteiger charge is 2.31. The van der Waals surface area contributed by atoms with Gasteiger partial charge in [0.05, 0.1) is 6.61 Å². The predicted molar refractivity (Wildman–Crippen MR) is 81.0 cm³/mol. The second kappa shape index (κ2) is 6.10. The number of hydrogen-bond acceptors (Lipinski definition) is 4. The minimum atomic E-state index is 0.301. The van der Waals surface area contributed by atoms with Gasteiger partial charge < -0.3 is 10.0 Å². The summed E-state index contributed by atoms with van der Waals surface area (Å²) < 4.78 is 0. The zero-order chi connectivity index (χ0) is 13.9. The fraction of sp³-hybridized carbons (Fsp3) is 0.688. The van der Waals surface area contributed by atoms with Crippen LogP contribution in [0, 0.1) is 6.92 Å². The minimum Gasteiger partial charge on any atom is -0.395 e. The van der Waals surface area contributed by atoms with Crippen LogP contribution in [-0.4, -0.2) is 53.3 Å². The van der Waals surface area contributed by atoms with Gasteiger partial charge in [-0.2, -0.15) is 0 Å². The maximum absolute atomic E-state index is 9.46. The molecule has 2 fully saturated rings. The van der Waals surface area contributed by atoms with Crippen LogP contribution >= 0.6 is 0 Å². The van der Waals surface area contributed by atoms with Gasteiger partial charge in [-0.15, -0.1) is 0 Å². The highest BCUT2D eigenvalue weighted by molar-refractivity contribution is 5.41. The van der Waals surface area contributed by atoms with Gasteiger partial charge in [0.15, 0.2) is 0 Å². The van der Waals surface area contributed by atoms with Crippen LogP contribution in [0.3, 0.4) is 0 Å². The van der Waals surface area contributed by atoms with Crippen molar-refractivity contribution >= 4 is 5.82 Å². The number of aliphatic hydroxyl groups excluding tert-OH is 1. The van der Waals surface area contributed by atoms with Crippen LogP contribution in [0.5, 0.6) is 0 Å². The molecule has 2 aliphatic rings. The van der Waals surface area contributed by atoms with Crippen molar-refractivity contribution in [2.24, 2.45) is 0 Å². The van der Waals surface area contributed by atoms with E-state index in [1.54, 1.807) is 0 Å². The maximum Gasteiger partial charge on any atom is 0.129 e. The number of hydrogen-bond donors (Lipinski definition) is 1. The van der Waals surface area contributed by atoms with Crippen LogP contribution in [-0.2, 0) is 0 Å². The summed E-state index contributed by atoms with van der Waals surface area (Å²) in [6.07, 6.45) is 4.86. The van der Waals surface area contributed by atoms with E-state index in [1.165, 1.54) is 19.3 Å². The molecule has 0 spiro atoms. The fourth-order valence-electron chi connectivity index (χ4n) is 3.63. The monoisotopic (exact) mass is 275 g/mol. The molecule has 20 heavy (non-hydrogen) atoms. The van der Waals surface area contributed by atoms with Crippen LogP contribution in [0.1, 0.15) is 31.4 Å². The molecule has 0 radical (unpaired) electrons. The van der Waals surface area contributed by atoms with E-state index in [0.717, 1.165) is 37.6 Å². The molecule has 2 atom stereocenters. The van der Waals surface area contributed by atoms with Crippen LogP contribution in [0.15, 0.2) is 18.2 Å². The Balaban J connectivity index is 1.69. The van der Waals surface area contributed by atoms with Crippen molar-refractivity contribution in [1.29, 1.82) is 0 Å². The van der Waals surface area contributed by atoms with Crippen molar-refractivity contribution in [3.05, 3.63) is 23.9 Å². The molecule has 0 aromatic carbocycles. The number of anilines is 1. The average molecular weight is 275 g/mol. The van der Waals surface area contributed by atoms with Gasteiger partial charge in [-0.05, 0) is 51.3 Å². The van der Waals surface area contributed by atoms with E-state index in [2.05, 4.69) is 39.9 Å². The zero-order valence-corrected chi connectivity index (χ0v) is 12.3. The van der Waals surface area contributed by atoms with Crippen LogP contribution in [0.25, 0.3) is 0 Å². The Labute approximate surface area is 121 Å². The molecule has 3 heterocycles. The number of nitrogens with zero attached hydrogens (tertiary/aromatic N) is 3. The summed E-state index contributed by atoms with van der Waals surface area (Å²) in [4.78, 5) is 9.61. The van der Waals surface area contributed by atoms with Gasteiger partial charge in [-0.25, -0.2) is 4.98 Å². The number of rotatable bonds is 4. The SMILES string of the molecule is Cc1cccc(N2CCC[C@@H]2CN2CCC[C@H]2CO)n1. The summed E-state index contributed by atoms with van der Waals surface area (Å²) in [6.45, 7) is 5.67. The lowest BCUT2D eigenvalue weighted by Gasteiger charge is -2.32. The molecule has 4 heteroatoms. The first-order valence-electron chi connectivity index (χ1n) is 7.83. The molecule has 1 aromatic heterocycles. The molecule has 1 aromatic rings. The summed E-state index contributed by atoms with van der Waals surface area (Å²) >= 11 is 0. The molecule has 110 valence electrons. The van der Waals surface area contributed by atoms with Crippen LogP contribution < -0.4 is 4.90 Å². The van der Waals surface area contributed by atoms with Gasteiger partial charge >= 0.3 is 0 Å². The quantitative estimate of drug-likeness (QED) is 0.910. The van der Waals surface area contributed by atoms with Crippen molar-refractivity contribution in [2.45, 2.75) is 44.7 Å². The molecule has 2 aliphatic heterocycles. The molecule has 0 unspecified atom stereocenters. The summed E-state index contributed by atoms with van der Waals surface area (Å²) in [5.41, 5.74) is 1.09. The smallest absolute Gasteiger partial charge is 0.129 e. The van der Waals surface area contributed by atoms with E-state index in [-0.39, 0.29) is 0 Å². The molecule has 4 nitrogen and oxygen atoms in total. The largest absolute Gasteiger partial charge is 0.395 e. The molecule has 0 bridgehead atoms. The second-order valence-corrected chi connectivity index (χ2v) is 6.10. The van der Waals surface area contributed by atoms with E-state index in [9.17, 15) is 5.11 Å². The number of pyridine rings is 1. The van der Waals surface area contributed by atoms with Crippen molar-refractivity contribution in [1.82, 2.24) is 9.88 Å². The Morgan fingerprint density at radius 2 is 2.00 bits per heavy atom. The van der Waals surface area contributed by atoms with Crippen LogP contribution in [0.4, 0.5) is 5.82 Å². The Morgan fingerprint density at radius 3 is 2.80 bits per heavy atom. The maximum atomic E-state index is 9.46. The lowest BCUT2D eigenvalue weighted by atomic mass is 10.2. The lowest BCUT2D eigenvalue weighted by molar-refractivity contribution is 0.153. The molecular weight excluding hydrogens is 250 g/mol. The molecule has 1 N–H and O–H groups in total. The average Bonchev–Trinajstić information content (AvgIpc) is 3.08. The van der Waals surface area contributed by atoms with E-state index in [4.69, 9.17) is 0 Å². The third-order valence-electron chi connectivity index (χ3n) is 4.70.